The number of amides is 1. The van der Waals surface area contributed by atoms with Crippen molar-refractivity contribution in [2.45, 2.75) is 13.0 Å². The second-order valence-electron chi connectivity index (χ2n) is 3.84. The average Bonchev–Trinajstić information content (AvgIpc) is 2.86. The molecule has 1 aromatic carbocycles. The van der Waals surface area contributed by atoms with Gasteiger partial charge in [-0.2, -0.15) is 0 Å². The van der Waals surface area contributed by atoms with Crippen LogP contribution in [0.5, 0.6) is 0 Å². The second kappa shape index (κ2) is 5.59. The van der Waals surface area contributed by atoms with Gasteiger partial charge in [0.05, 0.1) is 17.3 Å². The molecule has 1 heterocycles. The summed E-state index contributed by atoms with van der Waals surface area (Å²) in [5, 5.41) is 3.35. The van der Waals surface area contributed by atoms with E-state index in [1.807, 2.05) is 13.0 Å². The highest BCUT2D eigenvalue weighted by atomic mass is 79.9. The first-order valence-corrected chi connectivity index (χ1v) is 6.54. The molecule has 2 aromatic rings. The minimum absolute atomic E-state index is 0.185. The third-order valence-electron chi connectivity index (χ3n) is 2.50. The lowest BCUT2D eigenvalue weighted by atomic mass is 10.2. The second-order valence-corrected chi connectivity index (χ2v) is 5.10. The van der Waals surface area contributed by atoms with Gasteiger partial charge in [0.15, 0.2) is 0 Å². The minimum Gasteiger partial charge on any atom is -0.467 e. The van der Waals surface area contributed by atoms with Crippen molar-refractivity contribution in [2.24, 2.45) is 0 Å². The molecule has 94 valence electrons. The summed E-state index contributed by atoms with van der Waals surface area (Å²) < 4.78 is 5.99. The van der Waals surface area contributed by atoms with Crippen LogP contribution in [0.4, 0.5) is 0 Å². The van der Waals surface area contributed by atoms with E-state index in [4.69, 9.17) is 16.0 Å². The van der Waals surface area contributed by atoms with Gasteiger partial charge in [0, 0.05) is 10.0 Å². The van der Waals surface area contributed by atoms with Crippen LogP contribution in [-0.4, -0.2) is 5.91 Å². The summed E-state index contributed by atoms with van der Waals surface area (Å²) in [5.41, 5.74) is 0.515. The quantitative estimate of drug-likeness (QED) is 0.918. The van der Waals surface area contributed by atoms with E-state index in [0.29, 0.717) is 16.3 Å². The van der Waals surface area contributed by atoms with E-state index >= 15 is 0 Å². The van der Waals surface area contributed by atoms with E-state index in [2.05, 4.69) is 21.2 Å². The molecule has 0 radical (unpaired) electrons. The normalized spacial score (nSPS) is 12.2. The highest BCUT2D eigenvalue weighted by Crippen LogP contribution is 2.23. The zero-order chi connectivity index (χ0) is 13.1. The van der Waals surface area contributed by atoms with Gasteiger partial charge in [-0.1, -0.05) is 11.6 Å². The van der Waals surface area contributed by atoms with E-state index < -0.39 is 0 Å². The molecule has 0 fully saturated rings. The number of benzene rings is 1. The summed E-state index contributed by atoms with van der Waals surface area (Å²) >= 11 is 9.23. The maximum absolute atomic E-state index is 12.0. The summed E-state index contributed by atoms with van der Waals surface area (Å²) in [6, 6.07) is 8.49. The van der Waals surface area contributed by atoms with E-state index in [9.17, 15) is 4.79 Å². The summed E-state index contributed by atoms with van der Waals surface area (Å²) in [4.78, 5) is 12.0. The first kappa shape index (κ1) is 13.2. The molecule has 3 nitrogen and oxygen atoms in total. The fourth-order valence-corrected chi connectivity index (χ4v) is 1.95. The molecule has 0 saturated heterocycles. The fourth-order valence-electron chi connectivity index (χ4n) is 1.53. The molecule has 0 saturated carbocycles. The van der Waals surface area contributed by atoms with Crippen LogP contribution in [0.1, 0.15) is 29.1 Å². The molecule has 1 unspecified atom stereocenters. The number of hydrogen-bond donors (Lipinski definition) is 1. The zero-order valence-electron chi connectivity index (χ0n) is 9.61. The van der Waals surface area contributed by atoms with Crippen molar-refractivity contribution < 1.29 is 9.21 Å². The van der Waals surface area contributed by atoms with E-state index in [1.54, 1.807) is 30.5 Å². The van der Waals surface area contributed by atoms with Crippen LogP contribution < -0.4 is 5.32 Å². The first-order chi connectivity index (χ1) is 8.58. The monoisotopic (exact) mass is 327 g/mol. The van der Waals surface area contributed by atoms with Crippen molar-refractivity contribution in [1.82, 2.24) is 5.32 Å². The Morgan fingerprint density at radius 1 is 1.44 bits per heavy atom. The molecule has 18 heavy (non-hydrogen) atoms. The van der Waals surface area contributed by atoms with Crippen LogP contribution in [0.3, 0.4) is 0 Å². The van der Waals surface area contributed by atoms with Crippen LogP contribution >= 0.6 is 27.5 Å². The largest absolute Gasteiger partial charge is 0.467 e. The third kappa shape index (κ3) is 2.94. The highest BCUT2D eigenvalue weighted by molar-refractivity contribution is 9.10. The summed E-state index contributed by atoms with van der Waals surface area (Å²) in [6.07, 6.45) is 1.58. The number of furan rings is 1. The highest BCUT2D eigenvalue weighted by Gasteiger charge is 2.14. The van der Waals surface area contributed by atoms with E-state index in [0.717, 1.165) is 4.47 Å². The van der Waals surface area contributed by atoms with Gasteiger partial charge in [-0.25, -0.2) is 0 Å². The van der Waals surface area contributed by atoms with Crippen LogP contribution in [0.25, 0.3) is 0 Å². The molecule has 5 heteroatoms. The standard InChI is InChI=1S/C13H11BrClNO2/c1-8(12-3-2-6-18-12)16-13(17)9-4-5-10(14)11(15)7-9/h2-8H,1H3,(H,16,17). The number of hydrogen-bond acceptors (Lipinski definition) is 2. The van der Waals surface area contributed by atoms with Crippen molar-refractivity contribution in [3.05, 3.63) is 57.4 Å². The van der Waals surface area contributed by atoms with E-state index in [-0.39, 0.29) is 11.9 Å². The summed E-state index contributed by atoms with van der Waals surface area (Å²) in [6.45, 7) is 1.86. The van der Waals surface area contributed by atoms with Crippen molar-refractivity contribution in [2.75, 3.05) is 0 Å². The lowest BCUT2D eigenvalue weighted by Crippen LogP contribution is -2.26. The van der Waals surface area contributed by atoms with Gasteiger partial charge in [-0.3, -0.25) is 4.79 Å². The number of nitrogens with one attached hydrogen (secondary N) is 1. The molecular formula is C13H11BrClNO2. The Kier molecular flexibility index (Phi) is 4.09. The van der Waals surface area contributed by atoms with Crippen LogP contribution in [0.15, 0.2) is 45.5 Å². The third-order valence-corrected chi connectivity index (χ3v) is 3.73. The van der Waals surface area contributed by atoms with Gasteiger partial charge in [0.1, 0.15) is 5.76 Å². The Balaban J connectivity index is 2.10. The summed E-state index contributed by atoms with van der Waals surface area (Å²) in [5.74, 6) is 0.528. The van der Waals surface area contributed by atoms with Crippen molar-refractivity contribution in [3.63, 3.8) is 0 Å². The van der Waals surface area contributed by atoms with Crippen molar-refractivity contribution in [3.8, 4) is 0 Å². The SMILES string of the molecule is CC(NC(=O)c1ccc(Br)c(Cl)c1)c1ccco1. The maximum Gasteiger partial charge on any atom is 0.251 e. The van der Waals surface area contributed by atoms with Gasteiger partial charge < -0.3 is 9.73 Å². The predicted octanol–water partition coefficient (Wildman–Crippen LogP) is 4.19. The Morgan fingerprint density at radius 2 is 2.22 bits per heavy atom. The minimum atomic E-state index is -0.187. The lowest BCUT2D eigenvalue weighted by Gasteiger charge is -2.11. The Morgan fingerprint density at radius 3 is 2.83 bits per heavy atom. The molecule has 1 N–H and O–H groups in total. The number of carbonyl (C=O) groups is 1. The van der Waals surface area contributed by atoms with E-state index in [1.165, 1.54) is 0 Å². The average molecular weight is 329 g/mol. The molecule has 0 spiro atoms. The number of carbonyl (C=O) groups excluding carboxylic acids is 1. The Labute approximate surface area is 118 Å². The molecule has 0 aliphatic heterocycles. The molecule has 0 aliphatic rings. The van der Waals surface area contributed by atoms with Crippen molar-refractivity contribution >= 4 is 33.4 Å². The first-order valence-electron chi connectivity index (χ1n) is 5.37. The molecular weight excluding hydrogens is 318 g/mol. The van der Waals surface area contributed by atoms with Crippen LogP contribution in [-0.2, 0) is 0 Å². The van der Waals surface area contributed by atoms with Crippen LogP contribution in [0.2, 0.25) is 5.02 Å². The van der Waals surface area contributed by atoms with Gasteiger partial charge in [0.2, 0.25) is 0 Å². The van der Waals surface area contributed by atoms with Crippen LogP contribution in [0, 0.1) is 0 Å². The molecule has 1 atom stereocenters. The molecule has 2 rings (SSSR count). The van der Waals surface area contributed by atoms with Gasteiger partial charge in [-0.15, -0.1) is 0 Å². The lowest BCUT2D eigenvalue weighted by molar-refractivity contribution is 0.0935. The van der Waals surface area contributed by atoms with Crippen molar-refractivity contribution in [1.29, 1.82) is 0 Å². The molecule has 1 amide bonds. The number of rotatable bonds is 3. The van der Waals surface area contributed by atoms with Gasteiger partial charge in [-0.05, 0) is 53.2 Å². The Bertz CT molecular complexity index is 554. The number of halogens is 2. The maximum atomic E-state index is 12.0. The predicted molar refractivity (Wildman–Crippen MR) is 73.7 cm³/mol. The van der Waals surface area contributed by atoms with Gasteiger partial charge in [0.25, 0.3) is 5.91 Å². The Hall–Kier alpha value is -1.26. The molecule has 1 aromatic heterocycles. The fraction of sp³-hybridized carbons (Fsp3) is 0.154. The smallest absolute Gasteiger partial charge is 0.251 e. The molecule has 0 bridgehead atoms. The topological polar surface area (TPSA) is 42.2 Å². The zero-order valence-corrected chi connectivity index (χ0v) is 12.0. The summed E-state index contributed by atoms with van der Waals surface area (Å²) in [7, 11) is 0. The molecule has 0 aliphatic carbocycles. The van der Waals surface area contributed by atoms with Gasteiger partial charge >= 0.3 is 0 Å².